The van der Waals surface area contributed by atoms with Crippen molar-refractivity contribution in [3.63, 3.8) is 0 Å². The number of nitrogens with zero attached hydrogens (tertiary/aromatic N) is 4. The maximum Gasteiger partial charge on any atom is 0.239 e. The first-order valence-corrected chi connectivity index (χ1v) is 5.23. The van der Waals surface area contributed by atoms with Gasteiger partial charge in [0, 0.05) is 12.5 Å². The highest BCUT2D eigenvalue weighted by Crippen LogP contribution is 2.11. The van der Waals surface area contributed by atoms with Gasteiger partial charge in [0.2, 0.25) is 5.95 Å². The van der Waals surface area contributed by atoms with Gasteiger partial charge in [0.05, 0.1) is 18.8 Å². The Morgan fingerprint density at radius 3 is 3.13 bits per heavy atom. The first-order chi connectivity index (χ1) is 7.28. The molecular weight excluding hydrogens is 214 g/mol. The van der Waals surface area contributed by atoms with E-state index in [4.69, 9.17) is 10.5 Å². The Morgan fingerprint density at radius 1 is 1.60 bits per heavy atom. The summed E-state index contributed by atoms with van der Waals surface area (Å²) in [4.78, 5) is 8.21. The number of hydrogen-bond acceptors (Lipinski definition) is 6. The van der Waals surface area contributed by atoms with Crippen molar-refractivity contribution in [3.8, 4) is 0 Å². The van der Waals surface area contributed by atoms with Gasteiger partial charge in [-0.3, -0.25) is 0 Å². The number of hydrogen-bond donors (Lipinski definition) is 1. The highest BCUT2D eigenvalue weighted by atomic mass is 32.1. The minimum atomic E-state index is 0.280. The maximum absolute atomic E-state index is 5.40. The maximum atomic E-state index is 5.40. The number of nitrogens with two attached hydrogens (primary N) is 1. The van der Waals surface area contributed by atoms with Gasteiger partial charge in [0.1, 0.15) is 11.3 Å². The predicted molar refractivity (Wildman–Crippen MR) is 56.4 cm³/mol. The Bertz CT molecular complexity index is 438. The van der Waals surface area contributed by atoms with E-state index in [1.165, 1.54) is 0 Å². The van der Waals surface area contributed by atoms with Crippen molar-refractivity contribution >= 4 is 17.3 Å². The van der Waals surface area contributed by atoms with Crippen LogP contribution in [0.4, 0.5) is 5.95 Å². The number of rotatable bonds is 4. The first-order valence-electron chi connectivity index (χ1n) is 4.35. The van der Waals surface area contributed by atoms with Crippen LogP contribution in [0.1, 0.15) is 10.7 Å². The molecule has 7 heteroatoms. The lowest BCUT2D eigenvalue weighted by Crippen LogP contribution is -2.01. The summed E-state index contributed by atoms with van der Waals surface area (Å²) in [6, 6.07) is 0. The number of methoxy groups -OCH3 is 1. The highest BCUT2D eigenvalue weighted by molar-refractivity contribution is 7.09. The molecule has 2 aromatic heterocycles. The molecule has 80 valence electrons. The van der Waals surface area contributed by atoms with Crippen LogP contribution >= 0.6 is 11.3 Å². The molecule has 0 aromatic carbocycles. The van der Waals surface area contributed by atoms with Gasteiger partial charge in [-0.1, -0.05) is 0 Å². The van der Waals surface area contributed by atoms with Gasteiger partial charge >= 0.3 is 0 Å². The molecule has 0 bridgehead atoms. The third kappa shape index (κ3) is 2.51. The monoisotopic (exact) mass is 225 g/mol. The van der Waals surface area contributed by atoms with Crippen LogP contribution in [0, 0.1) is 0 Å². The fourth-order valence-corrected chi connectivity index (χ4v) is 1.92. The number of anilines is 1. The first kappa shape index (κ1) is 10.1. The van der Waals surface area contributed by atoms with Crippen LogP contribution in [-0.2, 0) is 17.9 Å². The number of aromatic nitrogens is 4. The molecule has 0 aliphatic rings. The Labute approximate surface area is 90.7 Å². The molecular formula is C8H11N5OS. The van der Waals surface area contributed by atoms with E-state index >= 15 is 0 Å². The van der Waals surface area contributed by atoms with E-state index < -0.39 is 0 Å². The number of nitrogen functional groups attached to an aromatic ring is 1. The van der Waals surface area contributed by atoms with Gasteiger partial charge in [-0.25, -0.2) is 14.6 Å². The lowest BCUT2D eigenvalue weighted by atomic mass is 10.5. The quantitative estimate of drug-likeness (QED) is 0.820. The molecule has 2 N–H and O–H groups in total. The molecule has 0 saturated heterocycles. The Balaban J connectivity index is 2.04. The van der Waals surface area contributed by atoms with E-state index in [-0.39, 0.29) is 5.95 Å². The van der Waals surface area contributed by atoms with Crippen LogP contribution in [0.2, 0.25) is 0 Å². The van der Waals surface area contributed by atoms with Crippen molar-refractivity contribution in [2.75, 3.05) is 12.8 Å². The summed E-state index contributed by atoms with van der Waals surface area (Å²) in [7, 11) is 1.65. The topological polar surface area (TPSA) is 78.8 Å². The molecule has 0 saturated carbocycles. The summed E-state index contributed by atoms with van der Waals surface area (Å²) in [6.45, 7) is 1.13. The molecule has 6 nitrogen and oxygen atoms in total. The zero-order valence-corrected chi connectivity index (χ0v) is 9.07. The zero-order chi connectivity index (χ0) is 10.7. The van der Waals surface area contributed by atoms with Crippen molar-refractivity contribution in [1.82, 2.24) is 19.7 Å². The minimum absolute atomic E-state index is 0.280. The van der Waals surface area contributed by atoms with Crippen LogP contribution in [0.15, 0.2) is 11.7 Å². The molecule has 0 aliphatic carbocycles. The number of thiazole rings is 1. The fourth-order valence-electron chi connectivity index (χ4n) is 1.16. The summed E-state index contributed by atoms with van der Waals surface area (Å²) in [5.74, 6) is 0.280. The Morgan fingerprint density at radius 2 is 2.47 bits per heavy atom. The fraction of sp³-hybridized carbons (Fsp3) is 0.375. The van der Waals surface area contributed by atoms with Gasteiger partial charge in [0.25, 0.3) is 0 Å². The SMILES string of the molecule is COCc1nc(Cn2cnc(N)n2)cs1. The van der Waals surface area contributed by atoms with E-state index in [2.05, 4.69) is 15.1 Å². The van der Waals surface area contributed by atoms with Gasteiger partial charge in [0.15, 0.2) is 0 Å². The smallest absolute Gasteiger partial charge is 0.239 e. The van der Waals surface area contributed by atoms with Crippen molar-refractivity contribution in [1.29, 1.82) is 0 Å². The van der Waals surface area contributed by atoms with E-state index in [0.29, 0.717) is 13.2 Å². The van der Waals surface area contributed by atoms with Crippen LogP contribution in [0.3, 0.4) is 0 Å². The van der Waals surface area contributed by atoms with Crippen LogP contribution in [0.25, 0.3) is 0 Å². The van der Waals surface area contributed by atoms with Crippen molar-refractivity contribution < 1.29 is 4.74 Å². The summed E-state index contributed by atoms with van der Waals surface area (Å²) in [6.07, 6.45) is 1.59. The molecule has 0 fully saturated rings. The lowest BCUT2D eigenvalue weighted by molar-refractivity contribution is 0.184. The van der Waals surface area contributed by atoms with E-state index in [0.717, 1.165) is 10.7 Å². The normalized spacial score (nSPS) is 10.7. The molecule has 0 amide bonds. The summed E-state index contributed by atoms with van der Waals surface area (Å²) < 4.78 is 6.64. The van der Waals surface area contributed by atoms with Crippen LogP contribution in [0.5, 0.6) is 0 Å². The largest absolute Gasteiger partial charge is 0.378 e. The third-order valence-corrected chi connectivity index (χ3v) is 2.62. The van der Waals surface area contributed by atoms with E-state index in [1.54, 1.807) is 29.5 Å². The van der Waals surface area contributed by atoms with Gasteiger partial charge in [-0.15, -0.1) is 16.4 Å². The predicted octanol–water partition coefficient (Wildman–Crippen LogP) is 0.512. The molecule has 0 aliphatic heterocycles. The second-order valence-electron chi connectivity index (χ2n) is 2.97. The zero-order valence-electron chi connectivity index (χ0n) is 8.25. The average Bonchev–Trinajstić information content (AvgIpc) is 2.78. The van der Waals surface area contributed by atoms with E-state index in [9.17, 15) is 0 Å². The third-order valence-electron chi connectivity index (χ3n) is 1.75. The Kier molecular flexibility index (Phi) is 2.93. The second kappa shape index (κ2) is 4.37. The second-order valence-corrected chi connectivity index (χ2v) is 3.91. The molecule has 0 unspecified atom stereocenters. The molecule has 0 atom stereocenters. The Hall–Kier alpha value is -1.47. The van der Waals surface area contributed by atoms with Crippen molar-refractivity contribution in [2.45, 2.75) is 13.2 Å². The lowest BCUT2D eigenvalue weighted by Gasteiger charge is -1.95. The molecule has 15 heavy (non-hydrogen) atoms. The highest BCUT2D eigenvalue weighted by Gasteiger charge is 2.03. The molecule has 2 rings (SSSR count). The average molecular weight is 225 g/mol. The summed E-state index contributed by atoms with van der Waals surface area (Å²) in [5.41, 5.74) is 6.35. The van der Waals surface area contributed by atoms with Crippen molar-refractivity contribution in [3.05, 3.63) is 22.4 Å². The van der Waals surface area contributed by atoms with Crippen molar-refractivity contribution in [2.24, 2.45) is 0 Å². The van der Waals surface area contributed by atoms with Gasteiger partial charge in [-0.2, -0.15) is 0 Å². The molecule has 2 heterocycles. The van der Waals surface area contributed by atoms with Gasteiger partial charge < -0.3 is 10.5 Å². The van der Waals surface area contributed by atoms with Gasteiger partial charge in [-0.05, 0) is 0 Å². The number of ether oxygens (including phenoxy) is 1. The summed E-state index contributed by atoms with van der Waals surface area (Å²) in [5, 5.41) is 6.92. The van der Waals surface area contributed by atoms with Crippen LogP contribution in [-0.4, -0.2) is 26.9 Å². The van der Waals surface area contributed by atoms with E-state index in [1.807, 2.05) is 5.38 Å². The summed E-state index contributed by atoms with van der Waals surface area (Å²) >= 11 is 1.57. The molecule has 0 radical (unpaired) electrons. The standard InChI is InChI=1S/C8H11N5OS/c1-14-3-7-11-6(4-15-7)2-13-5-10-8(9)12-13/h4-5H,2-3H2,1H3,(H2,9,12). The molecule has 2 aromatic rings. The van der Waals surface area contributed by atoms with Crippen LogP contribution < -0.4 is 5.73 Å². The molecule has 0 spiro atoms. The minimum Gasteiger partial charge on any atom is -0.378 e.